The van der Waals surface area contributed by atoms with Crippen molar-refractivity contribution in [1.29, 1.82) is 0 Å². The molecular formula is C26H23N3O3S. The standard InChI is InChI=1S/C26H23N3O3S/c1-17-9-11-23(18(2)14-17)29(19(3)30)26-28-22(16-33-26)15-32-24(31)12-10-21-7-4-6-20-8-5-13-27-25(20)21/h4-14,16H,15H2,1-3H3/b12-10+. The molecule has 1 amide bonds. The Morgan fingerprint density at radius 1 is 1.12 bits per heavy atom. The van der Waals surface area contributed by atoms with E-state index in [1.807, 2.05) is 62.4 Å². The number of pyridine rings is 1. The highest BCUT2D eigenvalue weighted by Gasteiger charge is 2.20. The van der Waals surface area contributed by atoms with Crippen LogP contribution in [0, 0.1) is 13.8 Å². The molecule has 4 rings (SSSR count). The van der Waals surface area contributed by atoms with Crippen LogP contribution in [0.4, 0.5) is 10.8 Å². The Hall–Kier alpha value is -3.84. The van der Waals surface area contributed by atoms with E-state index in [9.17, 15) is 9.59 Å². The minimum Gasteiger partial charge on any atom is -0.456 e. The lowest BCUT2D eigenvalue weighted by molar-refractivity contribution is -0.139. The number of esters is 1. The van der Waals surface area contributed by atoms with Crippen molar-refractivity contribution >= 4 is 51.0 Å². The van der Waals surface area contributed by atoms with Crippen molar-refractivity contribution in [1.82, 2.24) is 9.97 Å². The summed E-state index contributed by atoms with van der Waals surface area (Å²) in [5, 5.41) is 3.33. The molecule has 0 saturated heterocycles. The van der Waals surface area contributed by atoms with Crippen LogP contribution in [0.2, 0.25) is 0 Å². The van der Waals surface area contributed by atoms with Gasteiger partial charge in [0.2, 0.25) is 5.91 Å². The maximum atomic E-state index is 12.4. The van der Waals surface area contributed by atoms with Crippen molar-refractivity contribution in [3.8, 4) is 0 Å². The molecule has 0 fully saturated rings. The number of aromatic nitrogens is 2. The number of hydrogen-bond donors (Lipinski definition) is 0. The van der Waals surface area contributed by atoms with Gasteiger partial charge < -0.3 is 4.74 Å². The van der Waals surface area contributed by atoms with Crippen molar-refractivity contribution in [3.05, 3.63) is 88.6 Å². The normalized spacial score (nSPS) is 11.1. The van der Waals surface area contributed by atoms with Crippen molar-refractivity contribution in [2.24, 2.45) is 0 Å². The van der Waals surface area contributed by atoms with E-state index in [1.54, 1.807) is 22.6 Å². The van der Waals surface area contributed by atoms with E-state index >= 15 is 0 Å². The van der Waals surface area contributed by atoms with Gasteiger partial charge in [0.25, 0.3) is 0 Å². The van der Waals surface area contributed by atoms with Crippen LogP contribution < -0.4 is 4.90 Å². The van der Waals surface area contributed by atoms with Crippen molar-refractivity contribution in [2.75, 3.05) is 4.90 Å². The van der Waals surface area contributed by atoms with Crippen molar-refractivity contribution < 1.29 is 14.3 Å². The first-order valence-corrected chi connectivity index (χ1v) is 11.3. The molecular weight excluding hydrogens is 434 g/mol. The Bertz CT molecular complexity index is 1350. The first kappa shape index (κ1) is 22.4. The fourth-order valence-corrected chi connectivity index (χ4v) is 4.41. The molecule has 7 heteroatoms. The third-order valence-corrected chi connectivity index (χ3v) is 5.94. The molecule has 0 aliphatic carbocycles. The van der Waals surface area contributed by atoms with E-state index in [4.69, 9.17) is 4.74 Å². The third kappa shape index (κ3) is 5.15. The molecule has 2 aromatic carbocycles. The number of benzene rings is 2. The summed E-state index contributed by atoms with van der Waals surface area (Å²) >= 11 is 1.33. The first-order valence-electron chi connectivity index (χ1n) is 10.4. The van der Waals surface area contributed by atoms with Crippen LogP contribution in [0.5, 0.6) is 0 Å². The summed E-state index contributed by atoms with van der Waals surface area (Å²) in [6.45, 7) is 5.50. The molecule has 0 N–H and O–H groups in total. The lowest BCUT2D eigenvalue weighted by Crippen LogP contribution is -2.23. The maximum absolute atomic E-state index is 12.4. The Kier molecular flexibility index (Phi) is 6.60. The lowest BCUT2D eigenvalue weighted by Gasteiger charge is -2.20. The second-order valence-corrected chi connectivity index (χ2v) is 8.47. The largest absolute Gasteiger partial charge is 0.456 e. The van der Waals surface area contributed by atoms with Crippen LogP contribution in [-0.4, -0.2) is 21.8 Å². The van der Waals surface area contributed by atoms with Gasteiger partial charge >= 0.3 is 5.97 Å². The molecule has 0 radical (unpaired) electrons. The van der Waals surface area contributed by atoms with Crippen molar-refractivity contribution in [3.63, 3.8) is 0 Å². The molecule has 0 unspecified atom stereocenters. The number of nitrogens with zero attached hydrogens (tertiary/aromatic N) is 3. The van der Waals surface area contributed by atoms with Gasteiger partial charge in [0.1, 0.15) is 6.61 Å². The second-order valence-electron chi connectivity index (χ2n) is 7.63. The van der Waals surface area contributed by atoms with E-state index in [0.717, 1.165) is 33.3 Å². The number of para-hydroxylation sites is 1. The van der Waals surface area contributed by atoms with E-state index < -0.39 is 5.97 Å². The third-order valence-electron chi connectivity index (χ3n) is 5.06. The molecule has 33 heavy (non-hydrogen) atoms. The number of carbonyl (C=O) groups is 2. The Morgan fingerprint density at radius 2 is 1.94 bits per heavy atom. The number of anilines is 2. The van der Waals surface area contributed by atoms with Gasteiger partial charge in [-0.25, -0.2) is 9.78 Å². The molecule has 6 nitrogen and oxygen atoms in total. The molecule has 0 bridgehead atoms. The molecule has 0 saturated carbocycles. The van der Waals surface area contributed by atoms with E-state index in [-0.39, 0.29) is 12.5 Å². The molecule has 0 aliphatic heterocycles. The first-order chi connectivity index (χ1) is 15.9. The van der Waals surface area contributed by atoms with Crippen LogP contribution in [0.3, 0.4) is 0 Å². The average Bonchev–Trinajstić information content (AvgIpc) is 3.26. The smallest absolute Gasteiger partial charge is 0.331 e. The maximum Gasteiger partial charge on any atom is 0.331 e. The zero-order chi connectivity index (χ0) is 23.4. The summed E-state index contributed by atoms with van der Waals surface area (Å²) in [5.41, 5.74) is 5.15. The predicted octanol–water partition coefficient (Wildman–Crippen LogP) is 5.75. The fourth-order valence-electron chi connectivity index (χ4n) is 3.54. The van der Waals surface area contributed by atoms with Gasteiger partial charge in [-0.15, -0.1) is 11.3 Å². The van der Waals surface area contributed by atoms with Gasteiger partial charge in [-0.2, -0.15) is 0 Å². The number of fused-ring (bicyclic) bond motifs is 1. The number of thiazole rings is 1. The fraction of sp³-hybridized carbons (Fsp3) is 0.154. The zero-order valence-corrected chi connectivity index (χ0v) is 19.4. The monoisotopic (exact) mass is 457 g/mol. The molecule has 0 spiro atoms. The van der Waals surface area contributed by atoms with E-state index in [1.165, 1.54) is 24.3 Å². The number of carbonyl (C=O) groups excluding carboxylic acids is 2. The Morgan fingerprint density at radius 3 is 2.73 bits per heavy atom. The highest BCUT2D eigenvalue weighted by Crippen LogP contribution is 2.32. The van der Waals surface area contributed by atoms with E-state index in [0.29, 0.717) is 10.8 Å². The summed E-state index contributed by atoms with van der Waals surface area (Å²) in [4.78, 5) is 35.1. The van der Waals surface area contributed by atoms with Gasteiger partial charge in [0, 0.05) is 35.5 Å². The summed E-state index contributed by atoms with van der Waals surface area (Å²) in [7, 11) is 0. The summed E-state index contributed by atoms with van der Waals surface area (Å²) in [6.07, 6.45) is 4.80. The minimum atomic E-state index is -0.477. The lowest BCUT2D eigenvalue weighted by atomic mass is 10.1. The molecule has 0 atom stereocenters. The molecule has 166 valence electrons. The number of ether oxygens (including phenoxy) is 1. The van der Waals surface area contributed by atoms with Crippen LogP contribution in [0.15, 0.2) is 66.2 Å². The number of aryl methyl sites for hydroxylation is 2. The van der Waals surface area contributed by atoms with Gasteiger partial charge in [-0.1, -0.05) is 42.0 Å². The van der Waals surface area contributed by atoms with Gasteiger partial charge in [0.15, 0.2) is 5.13 Å². The Labute approximate surface area is 196 Å². The minimum absolute atomic E-state index is 0.0199. The number of amides is 1. The molecule has 4 aromatic rings. The molecule has 2 aromatic heterocycles. The van der Waals surface area contributed by atoms with Crippen molar-refractivity contribution in [2.45, 2.75) is 27.4 Å². The Balaban J connectivity index is 1.44. The second kappa shape index (κ2) is 9.75. The molecule has 2 heterocycles. The average molecular weight is 458 g/mol. The number of hydrogen-bond acceptors (Lipinski definition) is 6. The van der Waals surface area contributed by atoms with E-state index in [2.05, 4.69) is 9.97 Å². The van der Waals surface area contributed by atoms with Crippen LogP contribution in [-0.2, 0) is 20.9 Å². The van der Waals surface area contributed by atoms with Gasteiger partial charge in [-0.3, -0.25) is 14.7 Å². The summed E-state index contributed by atoms with van der Waals surface area (Å²) < 4.78 is 5.36. The predicted molar refractivity (Wildman–Crippen MR) is 131 cm³/mol. The van der Waals surface area contributed by atoms with Gasteiger partial charge in [-0.05, 0) is 37.6 Å². The number of rotatable bonds is 6. The van der Waals surface area contributed by atoms with Crippen LogP contribution >= 0.6 is 11.3 Å². The highest BCUT2D eigenvalue weighted by molar-refractivity contribution is 7.14. The topological polar surface area (TPSA) is 72.4 Å². The van der Waals surface area contributed by atoms with Crippen LogP contribution in [0.25, 0.3) is 17.0 Å². The SMILES string of the molecule is CC(=O)N(c1nc(COC(=O)/C=C/c2cccc3cccnc23)cs1)c1ccc(C)cc1C. The van der Waals surface area contributed by atoms with Crippen LogP contribution in [0.1, 0.15) is 29.3 Å². The summed E-state index contributed by atoms with van der Waals surface area (Å²) in [6, 6.07) is 15.5. The molecule has 0 aliphatic rings. The quantitative estimate of drug-likeness (QED) is 0.272. The van der Waals surface area contributed by atoms with Gasteiger partial charge in [0.05, 0.1) is 16.9 Å². The zero-order valence-electron chi connectivity index (χ0n) is 18.6. The highest BCUT2D eigenvalue weighted by atomic mass is 32.1. The summed E-state index contributed by atoms with van der Waals surface area (Å²) in [5.74, 6) is -0.609.